The molecule has 0 aromatic heterocycles. The van der Waals surface area contributed by atoms with E-state index in [0.717, 1.165) is 18.4 Å². The second-order valence-corrected chi connectivity index (χ2v) is 7.41. The number of carbonyl (C=O) groups excluding carboxylic acids is 2. The fraction of sp³-hybridized carbons (Fsp3) is 0.579. The quantitative estimate of drug-likeness (QED) is 0.908. The van der Waals surface area contributed by atoms with Crippen LogP contribution in [0.4, 0.5) is 4.79 Å². The number of hydrogen-bond acceptors (Lipinski definition) is 4. The van der Waals surface area contributed by atoms with Crippen molar-refractivity contribution in [2.45, 2.75) is 52.2 Å². The van der Waals surface area contributed by atoms with E-state index in [4.69, 9.17) is 9.47 Å². The van der Waals surface area contributed by atoms with Crippen LogP contribution in [-0.2, 0) is 9.53 Å². The fourth-order valence-corrected chi connectivity index (χ4v) is 2.59. The first-order chi connectivity index (χ1) is 11.7. The van der Waals surface area contributed by atoms with Crippen molar-refractivity contribution < 1.29 is 19.1 Å². The summed E-state index contributed by atoms with van der Waals surface area (Å²) in [5.41, 5.74) is 0.656. The summed E-state index contributed by atoms with van der Waals surface area (Å²) in [7, 11) is 0. The third-order valence-corrected chi connectivity index (χ3v) is 3.90. The average molecular weight is 348 g/mol. The number of nitrogens with one attached hydrogen (secondary N) is 1. The summed E-state index contributed by atoms with van der Waals surface area (Å²) in [6.45, 7) is 8.72. The van der Waals surface area contributed by atoms with Crippen molar-refractivity contribution in [3.05, 3.63) is 29.8 Å². The van der Waals surface area contributed by atoms with E-state index >= 15 is 0 Å². The summed E-state index contributed by atoms with van der Waals surface area (Å²) in [5.74, 6) is 0.539. The Morgan fingerprint density at radius 2 is 1.76 bits per heavy atom. The van der Waals surface area contributed by atoms with Crippen LogP contribution in [0.25, 0.3) is 0 Å². The highest BCUT2D eigenvalue weighted by molar-refractivity contribution is 5.78. The Morgan fingerprint density at radius 1 is 1.16 bits per heavy atom. The van der Waals surface area contributed by atoms with Crippen molar-refractivity contribution in [2.24, 2.45) is 0 Å². The zero-order valence-corrected chi connectivity index (χ0v) is 15.5. The first kappa shape index (κ1) is 19.1. The van der Waals surface area contributed by atoms with Gasteiger partial charge >= 0.3 is 6.09 Å². The second-order valence-electron chi connectivity index (χ2n) is 7.41. The van der Waals surface area contributed by atoms with Crippen LogP contribution in [0.1, 0.15) is 39.2 Å². The molecule has 1 aromatic carbocycles. The average Bonchev–Trinajstić information content (AvgIpc) is 2.53. The molecule has 0 spiro atoms. The van der Waals surface area contributed by atoms with Gasteiger partial charge in [0.25, 0.3) is 5.91 Å². The highest BCUT2D eigenvalue weighted by Gasteiger charge is 2.27. The number of piperidine rings is 1. The molecule has 1 aliphatic rings. The molecule has 1 aromatic rings. The van der Waals surface area contributed by atoms with E-state index in [1.165, 1.54) is 0 Å². The van der Waals surface area contributed by atoms with Crippen LogP contribution >= 0.6 is 0 Å². The minimum Gasteiger partial charge on any atom is -0.484 e. The summed E-state index contributed by atoms with van der Waals surface area (Å²) < 4.78 is 10.9. The molecule has 6 nitrogen and oxygen atoms in total. The van der Waals surface area contributed by atoms with Crippen molar-refractivity contribution in [3.8, 4) is 5.75 Å². The number of aryl methyl sites for hydroxylation is 1. The number of carbonyl (C=O) groups is 2. The van der Waals surface area contributed by atoms with Crippen LogP contribution in [0.2, 0.25) is 0 Å². The maximum absolute atomic E-state index is 12.0. The molecule has 1 aliphatic heterocycles. The Balaban J connectivity index is 1.69. The number of nitrogens with zero attached hydrogens (tertiary/aromatic N) is 1. The van der Waals surface area contributed by atoms with Gasteiger partial charge in [0.1, 0.15) is 11.4 Å². The smallest absolute Gasteiger partial charge is 0.410 e. The van der Waals surface area contributed by atoms with E-state index in [9.17, 15) is 9.59 Å². The predicted molar refractivity (Wildman–Crippen MR) is 95.6 cm³/mol. The number of ether oxygens (including phenoxy) is 2. The van der Waals surface area contributed by atoms with E-state index in [2.05, 4.69) is 5.32 Å². The monoisotopic (exact) mass is 348 g/mol. The lowest BCUT2D eigenvalue weighted by Gasteiger charge is -2.33. The molecule has 1 saturated heterocycles. The number of amides is 2. The number of benzene rings is 1. The molecule has 1 N–H and O–H groups in total. The third-order valence-electron chi connectivity index (χ3n) is 3.90. The van der Waals surface area contributed by atoms with Crippen LogP contribution in [0.15, 0.2) is 24.3 Å². The minimum atomic E-state index is -0.491. The number of rotatable bonds is 4. The van der Waals surface area contributed by atoms with Gasteiger partial charge in [0.15, 0.2) is 6.61 Å². The number of likely N-dealkylation sites (tertiary alicyclic amines) is 1. The Labute approximate surface area is 149 Å². The first-order valence-corrected chi connectivity index (χ1v) is 8.70. The second kappa shape index (κ2) is 8.23. The van der Waals surface area contributed by atoms with Crippen molar-refractivity contribution >= 4 is 12.0 Å². The molecular weight excluding hydrogens is 320 g/mol. The van der Waals surface area contributed by atoms with Crippen LogP contribution in [0.5, 0.6) is 5.75 Å². The van der Waals surface area contributed by atoms with Crippen LogP contribution in [-0.4, -0.2) is 48.2 Å². The van der Waals surface area contributed by atoms with Gasteiger partial charge in [-0.1, -0.05) is 17.7 Å². The lowest BCUT2D eigenvalue weighted by Crippen LogP contribution is -2.48. The van der Waals surface area contributed by atoms with E-state index in [-0.39, 0.29) is 24.6 Å². The van der Waals surface area contributed by atoms with Gasteiger partial charge in [0.2, 0.25) is 0 Å². The molecular formula is C19H28N2O4. The Bertz CT molecular complexity index is 584. The SMILES string of the molecule is Cc1ccc(OCC(=O)NC2CCN(C(=O)OC(C)(C)C)CC2)cc1. The van der Waals surface area contributed by atoms with E-state index in [1.807, 2.05) is 52.0 Å². The molecule has 2 amide bonds. The molecule has 0 unspecified atom stereocenters. The largest absolute Gasteiger partial charge is 0.484 e. The maximum atomic E-state index is 12.0. The number of hydrogen-bond donors (Lipinski definition) is 1. The van der Waals surface area contributed by atoms with Gasteiger partial charge in [0, 0.05) is 19.1 Å². The molecule has 0 aliphatic carbocycles. The molecule has 25 heavy (non-hydrogen) atoms. The van der Waals surface area contributed by atoms with Crippen LogP contribution in [0, 0.1) is 6.92 Å². The Kier molecular flexibility index (Phi) is 6.28. The minimum absolute atomic E-state index is 0.00462. The summed E-state index contributed by atoms with van der Waals surface area (Å²) in [6.07, 6.45) is 1.14. The van der Waals surface area contributed by atoms with Gasteiger partial charge in [-0.15, -0.1) is 0 Å². The lowest BCUT2D eigenvalue weighted by atomic mass is 10.1. The molecule has 0 atom stereocenters. The van der Waals surface area contributed by atoms with Crippen molar-refractivity contribution in [3.63, 3.8) is 0 Å². The van der Waals surface area contributed by atoms with Crippen molar-refractivity contribution in [1.29, 1.82) is 0 Å². The molecule has 138 valence electrons. The van der Waals surface area contributed by atoms with Gasteiger partial charge in [0.05, 0.1) is 0 Å². The first-order valence-electron chi connectivity index (χ1n) is 8.70. The zero-order valence-electron chi connectivity index (χ0n) is 15.5. The molecule has 6 heteroatoms. The lowest BCUT2D eigenvalue weighted by molar-refractivity contribution is -0.124. The predicted octanol–water partition coefficient (Wildman–Crippen LogP) is 2.89. The van der Waals surface area contributed by atoms with E-state index < -0.39 is 5.60 Å². The van der Waals surface area contributed by atoms with Gasteiger partial charge in [-0.05, 0) is 52.7 Å². The molecule has 0 radical (unpaired) electrons. The summed E-state index contributed by atoms with van der Waals surface area (Å²) in [4.78, 5) is 25.7. The fourth-order valence-electron chi connectivity index (χ4n) is 2.59. The van der Waals surface area contributed by atoms with Crippen molar-refractivity contribution in [2.75, 3.05) is 19.7 Å². The topological polar surface area (TPSA) is 67.9 Å². The maximum Gasteiger partial charge on any atom is 0.410 e. The normalized spacial score (nSPS) is 15.6. The third kappa shape index (κ3) is 6.64. The molecule has 0 bridgehead atoms. The Hall–Kier alpha value is -2.24. The van der Waals surface area contributed by atoms with Crippen LogP contribution < -0.4 is 10.1 Å². The van der Waals surface area contributed by atoms with Crippen LogP contribution in [0.3, 0.4) is 0 Å². The van der Waals surface area contributed by atoms with Crippen molar-refractivity contribution in [1.82, 2.24) is 10.2 Å². The van der Waals surface area contributed by atoms with Gasteiger partial charge in [-0.3, -0.25) is 4.79 Å². The molecule has 2 rings (SSSR count). The van der Waals surface area contributed by atoms with E-state index in [0.29, 0.717) is 18.8 Å². The van der Waals surface area contributed by atoms with Gasteiger partial charge in [-0.25, -0.2) is 4.79 Å². The standard InChI is InChI=1S/C19H28N2O4/c1-14-5-7-16(8-6-14)24-13-17(22)20-15-9-11-21(12-10-15)18(23)25-19(2,3)4/h5-8,15H,9-13H2,1-4H3,(H,20,22). The van der Waals surface area contributed by atoms with Gasteiger partial charge < -0.3 is 19.7 Å². The highest BCUT2D eigenvalue weighted by Crippen LogP contribution is 2.16. The Morgan fingerprint density at radius 3 is 2.32 bits per heavy atom. The highest BCUT2D eigenvalue weighted by atomic mass is 16.6. The molecule has 1 fully saturated rings. The summed E-state index contributed by atoms with van der Waals surface area (Å²) >= 11 is 0. The molecule has 0 saturated carbocycles. The van der Waals surface area contributed by atoms with Gasteiger partial charge in [-0.2, -0.15) is 0 Å². The van der Waals surface area contributed by atoms with E-state index in [1.54, 1.807) is 4.90 Å². The summed E-state index contributed by atoms with van der Waals surface area (Å²) in [5, 5.41) is 2.97. The molecule has 1 heterocycles. The zero-order chi connectivity index (χ0) is 18.4. The summed E-state index contributed by atoms with van der Waals surface area (Å²) in [6, 6.07) is 7.65.